The number of hydrogen-bond donors (Lipinski definition) is 0. The Bertz CT molecular complexity index is 237. The summed E-state index contributed by atoms with van der Waals surface area (Å²) < 4.78 is 5.80. The average molecular weight is 196 g/mol. The Labute approximate surface area is 86.0 Å². The molecule has 1 aliphatic carbocycles. The van der Waals surface area contributed by atoms with Gasteiger partial charge in [0.25, 0.3) is 0 Å². The summed E-state index contributed by atoms with van der Waals surface area (Å²) in [6, 6.07) is 0. The van der Waals surface area contributed by atoms with Crippen molar-refractivity contribution in [3.05, 3.63) is 0 Å². The molecule has 1 spiro atoms. The molecule has 0 aromatic heterocycles. The lowest BCUT2D eigenvalue weighted by atomic mass is 9.67. The summed E-state index contributed by atoms with van der Waals surface area (Å²) in [6.45, 7) is 5.28. The van der Waals surface area contributed by atoms with Gasteiger partial charge < -0.3 is 4.74 Å². The van der Waals surface area contributed by atoms with E-state index in [1.807, 2.05) is 0 Å². The minimum absolute atomic E-state index is 0.283. The highest BCUT2D eigenvalue weighted by atomic mass is 16.5. The molecule has 2 aliphatic rings. The predicted octanol–water partition coefficient (Wildman–Crippen LogP) is 2.70. The summed E-state index contributed by atoms with van der Waals surface area (Å²) in [5.74, 6) is 0.358. The first kappa shape index (κ1) is 10.2. The molecule has 0 amide bonds. The Morgan fingerprint density at radius 1 is 1.21 bits per heavy atom. The second-order valence-corrected chi connectivity index (χ2v) is 5.56. The van der Waals surface area contributed by atoms with E-state index >= 15 is 0 Å². The van der Waals surface area contributed by atoms with Gasteiger partial charge >= 0.3 is 0 Å². The van der Waals surface area contributed by atoms with Crippen molar-refractivity contribution in [2.45, 2.75) is 58.0 Å². The van der Waals surface area contributed by atoms with E-state index in [4.69, 9.17) is 4.74 Å². The van der Waals surface area contributed by atoms with Crippen LogP contribution < -0.4 is 0 Å². The molecule has 2 fully saturated rings. The molecule has 1 aliphatic heterocycles. The zero-order chi connectivity index (χ0) is 10.2. The van der Waals surface area contributed by atoms with Gasteiger partial charge in [-0.3, -0.25) is 4.79 Å². The minimum atomic E-state index is -0.389. The summed E-state index contributed by atoms with van der Waals surface area (Å²) in [5, 5.41) is 0. The van der Waals surface area contributed by atoms with Crippen molar-refractivity contribution in [1.82, 2.24) is 0 Å². The molecule has 1 saturated heterocycles. The van der Waals surface area contributed by atoms with Crippen molar-refractivity contribution in [2.75, 3.05) is 6.61 Å². The third kappa shape index (κ3) is 1.72. The summed E-state index contributed by atoms with van der Waals surface area (Å²) in [6.07, 6.45) is 5.90. The second kappa shape index (κ2) is 3.34. The van der Waals surface area contributed by atoms with Crippen LogP contribution in [0.25, 0.3) is 0 Å². The molecular weight excluding hydrogens is 176 g/mol. The van der Waals surface area contributed by atoms with Crippen LogP contribution in [-0.2, 0) is 9.53 Å². The Balaban J connectivity index is 2.17. The van der Waals surface area contributed by atoms with Crippen LogP contribution >= 0.6 is 0 Å². The third-order valence-electron chi connectivity index (χ3n) is 3.65. The van der Waals surface area contributed by atoms with Crippen LogP contribution in [0, 0.1) is 5.41 Å². The summed E-state index contributed by atoms with van der Waals surface area (Å²) in [5.41, 5.74) is -0.106. The van der Waals surface area contributed by atoms with E-state index in [0.29, 0.717) is 12.2 Å². The summed E-state index contributed by atoms with van der Waals surface area (Å²) in [7, 11) is 0. The van der Waals surface area contributed by atoms with Gasteiger partial charge in [0, 0.05) is 13.0 Å². The van der Waals surface area contributed by atoms with E-state index in [1.165, 1.54) is 0 Å². The lowest BCUT2D eigenvalue weighted by molar-refractivity contribution is -0.164. The van der Waals surface area contributed by atoms with Crippen molar-refractivity contribution >= 4 is 5.78 Å². The SMILES string of the molecule is CC1(C)CCC(=O)C2(CCCCO2)C1. The van der Waals surface area contributed by atoms with Crippen molar-refractivity contribution in [2.24, 2.45) is 5.41 Å². The van der Waals surface area contributed by atoms with Gasteiger partial charge in [-0.05, 0) is 37.5 Å². The van der Waals surface area contributed by atoms with E-state index in [9.17, 15) is 4.79 Å². The number of hydrogen-bond acceptors (Lipinski definition) is 2. The lowest BCUT2D eigenvalue weighted by Crippen LogP contribution is -2.50. The van der Waals surface area contributed by atoms with E-state index in [1.54, 1.807) is 0 Å². The lowest BCUT2D eigenvalue weighted by Gasteiger charge is -2.45. The topological polar surface area (TPSA) is 26.3 Å². The maximum Gasteiger partial charge on any atom is 0.164 e. The van der Waals surface area contributed by atoms with Gasteiger partial charge in [-0.1, -0.05) is 13.8 Å². The average Bonchev–Trinajstić information content (AvgIpc) is 2.13. The largest absolute Gasteiger partial charge is 0.367 e. The zero-order valence-corrected chi connectivity index (χ0v) is 9.27. The molecule has 0 aromatic carbocycles. The van der Waals surface area contributed by atoms with E-state index in [2.05, 4.69) is 13.8 Å². The van der Waals surface area contributed by atoms with Crippen molar-refractivity contribution in [3.63, 3.8) is 0 Å². The molecule has 0 aromatic rings. The van der Waals surface area contributed by atoms with Gasteiger partial charge in [0.1, 0.15) is 5.60 Å². The molecule has 1 atom stereocenters. The van der Waals surface area contributed by atoms with Gasteiger partial charge in [0.05, 0.1) is 0 Å². The second-order valence-electron chi connectivity index (χ2n) is 5.56. The Kier molecular flexibility index (Phi) is 2.42. The first-order valence-corrected chi connectivity index (χ1v) is 5.71. The van der Waals surface area contributed by atoms with E-state index in [0.717, 1.165) is 38.7 Å². The standard InChI is InChI=1S/C12H20O2/c1-11(2)7-5-10(13)12(9-11)6-3-4-8-14-12/h3-9H2,1-2H3. The van der Waals surface area contributed by atoms with E-state index < -0.39 is 0 Å². The number of ketones is 1. The van der Waals surface area contributed by atoms with E-state index in [-0.39, 0.29) is 11.0 Å². The highest BCUT2D eigenvalue weighted by Gasteiger charge is 2.47. The van der Waals surface area contributed by atoms with Crippen LogP contribution in [0.15, 0.2) is 0 Å². The first-order chi connectivity index (χ1) is 6.54. The number of Topliss-reactive ketones (excluding diaryl/α,β-unsaturated/α-hetero) is 1. The molecule has 0 N–H and O–H groups in total. The van der Waals surface area contributed by atoms with Gasteiger partial charge in [-0.15, -0.1) is 0 Å². The van der Waals surface area contributed by atoms with Crippen molar-refractivity contribution < 1.29 is 9.53 Å². The number of carbonyl (C=O) groups excluding carboxylic acids is 1. The van der Waals surface area contributed by atoms with Crippen molar-refractivity contribution in [3.8, 4) is 0 Å². The molecule has 14 heavy (non-hydrogen) atoms. The number of ether oxygens (including phenoxy) is 1. The van der Waals surface area contributed by atoms with Crippen LogP contribution in [0.2, 0.25) is 0 Å². The fourth-order valence-corrected chi connectivity index (χ4v) is 2.85. The first-order valence-electron chi connectivity index (χ1n) is 5.71. The maximum atomic E-state index is 11.9. The number of rotatable bonds is 0. The Morgan fingerprint density at radius 3 is 2.64 bits per heavy atom. The molecule has 2 rings (SSSR count). The van der Waals surface area contributed by atoms with Gasteiger partial charge in [0.2, 0.25) is 0 Å². The fourth-order valence-electron chi connectivity index (χ4n) is 2.85. The van der Waals surface area contributed by atoms with Crippen molar-refractivity contribution in [1.29, 1.82) is 0 Å². The minimum Gasteiger partial charge on any atom is -0.367 e. The smallest absolute Gasteiger partial charge is 0.164 e. The van der Waals surface area contributed by atoms with Crippen LogP contribution in [0.3, 0.4) is 0 Å². The monoisotopic (exact) mass is 196 g/mol. The van der Waals surface area contributed by atoms with Crippen LogP contribution in [0.1, 0.15) is 52.4 Å². The predicted molar refractivity (Wildman–Crippen MR) is 55.2 cm³/mol. The molecule has 80 valence electrons. The Hall–Kier alpha value is -0.370. The summed E-state index contributed by atoms with van der Waals surface area (Å²) in [4.78, 5) is 11.9. The molecule has 2 nitrogen and oxygen atoms in total. The fraction of sp³-hybridized carbons (Fsp3) is 0.917. The normalized spacial score (nSPS) is 37.4. The molecule has 0 bridgehead atoms. The number of carbonyl (C=O) groups is 1. The van der Waals surface area contributed by atoms with Crippen LogP contribution in [-0.4, -0.2) is 18.0 Å². The zero-order valence-electron chi connectivity index (χ0n) is 9.27. The molecule has 0 radical (unpaired) electrons. The molecule has 1 heterocycles. The van der Waals surface area contributed by atoms with Gasteiger partial charge in [0.15, 0.2) is 5.78 Å². The molecule has 1 saturated carbocycles. The highest BCUT2D eigenvalue weighted by Crippen LogP contribution is 2.44. The molecular formula is C12H20O2. The molecule has 2 heteroatoms. The highest BCUT2D eigenvalue weighted by molar-refractivity contribution is 5.88. The Morgan fingerprint density at radius 2 is 2.00 bits per heavy atom. The van der Waals surface area contributed by atoms with Gasteiger partial charge in [-0.2, -0.15) is 0 Å². The quantitative estimate of drug-likeness (QED) is 0.595. The third-order valence-corrected chi connectivity index (χ3v) is 3.65. The summed E-state index contributed by atoms with van der Waals surface area (Å²) >= 11 is 0. The van der Waals surface area contributed by atoms with Crippen LogP contribution in [0.5, 0.6) is 0 Å². The van der Waals surface area contributed by atoms with Crippen LogP contribution in [0.4, 0.5) is 0 Å². The maximum absolute atomic E-state index is 11.9. The van der Waals surface area contributed by atoms with Gasteiger partial charge in [-0.25, -0.2) is 0 Å². The molecule has 1 unspecified atom stereocenters.